The van der Waals surface area contributed by atoms with Gasteiger partial charge in [0.1, 0.15) is 11.6 Å². The lowest BCUT2D eigenvalue weighted by atomic mass is 10.1. The molecule has 0 spiro atoms. The topological polar surface area (TPSA) is 44.8 Å². The van der Waals surface area contributed by atoms with Gasteiger partial charge in [-0.1, -0.05) is 18.2 Å². The standard InChI is InChI=1S/C22H28FN3O2/c1-28-21-5-3-2-4-18(21)10-12-24-22(27)11-13-25-14-16-26(17-15-25)20-8-6-19(23)7-9-20/h2-9H,10-17H2,1H3,(H,24,27). The number of amides is 1. The van der Waals surface area contributed by atoms with Crippen LogP contribution in [0.5, 0.6) is 5.75 Å². The first-order chi connectivity index (χ1) is 13.7. The Bertz CT molecular complexity index is 759. The third-order valence-electron chi connectivity index (χ3n) is 5.13. The van der Waals surface area contributed by atoms with Crippen molar-refractivity contribution >= 4 is 11.6 Å². The fraction of sp³-hybridized carbons (Fsp3) is 0.409. The van der Waals surface area contributed by atoms with Crippen molar-refractivity contribution in [3.8, 4) is 5.75 Å². The van der Waals surface area contributed by atoms with E-state index in [9.17, 15) is 9.18 Å². The van der Waals surface area contributed by atoms with E-state index < -0.39 is 0 Å². The van der Waals surface area contributed by atoms with Crippen LogP contribution in [0.1, 0.15) is 12.0 Å². The molecular weight excluding hydrogens is 357 g/mol. The summed E-state index contributed by atoms with van der Waals surface area (Å²) in [6.07, 6.45) is 1.26. The molecular formula is C22H28FN3O2. The SMILES string of the molecule is COc1ccccc1CCNC(=O)CCN1CCN(c2ccc(F)cc2)CC1. The lowest BCUT2D eigenvalue weighted by Gasteiger charge is -2.36. The number of carbonyl (C=O) groups is 1. The predicted molar refractivity (Wildman–Crippen MR) is 109 cm³/mol. The first kappa shape index (κ1) is 20.1. The molecule has 1 heterocycles. The third-order valence-corrected chi connectivity index (χ3v) is 5.13. The average molecular weight is 385 g/mol. The highest BCUT2D eigenvalue weighted by molar-refractivity contribution is 5.76. The van der Waals surface area contributed by atoms with Gasteiger partial charge in [-0.2, -0.15) is 0 Å². The van der Waals surface area contributed by atoms with Gasteiger partial charge >= 0.3 is 0 Å². The van der Waals surface area contributed by atoms with Crippen LogP contribution in [0.15, 0.2) is 48.5 Å². The lowest BCUT2D eigenvalue weighted by Crippen LogP contribution is -2.47. The highest BCUT2D eigenvalue weighted by atomic mass is 19.1. The Morgan fingerprint density at radius 2 is 1.79 bits per heavy atom. The number of ether oxygens (including phenoxy) is 1. The monoisotopic (exact) mass is 385 g/mol. The summed E-state index contributed by atoms with van der Waals surface area (Å²) in [4.78, 5) is 16.7. The molecule has 28 heavy (non-hydrogen) atoms. The van der Waals surface area contributed by atoms with Crippen molar-refractivity contribution in [1.82, 2.24) is 10.2 Å². The Kier molecular flexibility index (Phi) is 7.25. The lowest BCUT2D eigenvalue weighted by molar-refractivity contribution is -0.121. The number of nitrogens with zero attached hydrogens (tertiary/aromatic N) is 2. The summed E-state index contributed by atoms with van der Waals surface area (Å²) in [5.74, 6) is 0.728. The van der Waals surface area contributed by atoms with E-state index in [-0.39, 0.29) is 11.7 Å². The summed E-state index contributed by atoms with van der Waals surface area (Å²) in [6, 6.07) is 14.5. The second-order valence-electron chi connectivity index (χ2n) is 6.97. The van der Waals surface area contributed by atoms with Crippen molar-refractivity contribution in [2.24, 2.45) is 0 Å². The van der Waals surface area contributed by atoms with E-state index in [1.807, 2.05) is 36.4 Å². The summed E-state index contributed by atoms with van der Waals surface area (Å²) in [5, 5.41) is 2.99. The zero-order chi connectivity index (χ0) is 19.8. The maximum atomic E-state index is 13.0. The van der Waals surface area contributed by atoms with E-state index in [1.165, 1.54) is 12.1 Å². The van der Waals surface area contributed by atoms with E-state index in [2.05, 4.69) is 15.1 Å². The van der Waals surface area contributed by atoms with Gasteiger partial charge in [-0.3, -0.25) is 9.69 Å². The number of rotatable bonds is 8. The van der Waals surface area contributed by atoms with Crippen LogP contribution in [-0.4, -0.2) is 57.2 Å². The zero-order valence-electron chi connectivity index (χ0n) is 16.4. The van der Waals surface area contributed by atoms with E-state index in [1.54, 1.807) is 7.11 Å². The molecule has 6 heteroatoms. The minimum absolute atomic E-state index is 0.0795. The maximum absolute atomic E-state index is 13.0. The van der Waals surface area contributed by atoms with Crippen LogP contribution in [0.2, 0.25) is 0 Å². The average Bonchev–Trinajstić information content (AvgIpc) is 2.73. The second kappa shape index (κ2) is 10.1. The molecule has 1 N–H and O–H groups in total. The Morgan fingerprint density at radius 1 is 1.07 bits per heavy atom. The Labute approximate surface area is 166 Å². The summed E-state index contributed by atoms with van der Waals surface area (Å²) >= 11 is 0. The smallest absolute Gasteiger partial charge is 0.221 e. The van der Waals surface area contributed by atoms with E-state index >= 15 is 0 Å². The van der Waals surface area contributed by atoms with Crippen LogP contribution in [0.25, 0.3) is 0 Å². The van der Waals surface area contributed by atoms with Crippen LogP contribution < -0.4 is 15.0 Å². The van der Waals surface area contributed by atoms with Gasteiger partial charge in [0, 0.05) is 51.4 Å². The number of benzene rings is 2. The minimum atomic E-state index is -0.209. The quantitative estimate of drug-likeness (QED) is 0.759. The number of para-hydroxylation sites is 1. The summed E-state index contributed by atoms with van der Waals surface area (Å²) in [6.45, 7) is 4.97. The number of carbonyl (C=O) groups excluding carboxylic acids is 1. The second-order valence-corrected chi connectivity index (χ2v) is 6.97. The third kappa shape index (κ3) is 5.70. The largest absolute Gasteiger partial charge is 0.496 e. The fourth-order valence-electron chi connectivity index (χ4n) is 3.48. The van der Waals surface area contributed by atoms with Crippen LogP contribution in [0.4, 0.5) is 10.1 Å². The summed E-state index contributed by atoms with van der Waals surface area (Å²) < 4.78 is 18.4. The van der Waals surface area contributed by atoms with Crippen molar-refractivity contribution in [2.75, 3.05) is 51.3 Å². The Morgan fingerprint density at radius 3 is 2.50 bits per heavy atom. The van der Waals surface area contributed by atoms with E-state index in [4.69, 9.17) is 4.74 Å². The van der Waals surface area contributed by atoms with Crippen molar-refractivity contribution in [3.63, 3.8) is 0 Å². The van der Waals surface area contributed by atoms with Gasteiger partial charge in [-0.15, -0.1) is 0 Å². The normalized spacial score (nSPS) is 14.7. The van der Waals surface area contributed by atoms with Crippen LogP contribution in [0, 0.1) is 5.82 Å². The molecule has 1 aliphatic heterocycles. The molecule has 1 aliphatic rings. The number of anilines is 1. The van der Waals surface area contributed by atoms with Crippen molar-refractivity contribution in [3.05, 3.63) is 59.9 Å². The zero-order valence-corrected chi connectivity index (χ0v) is 16.4. The molecule has 0 bridgehead atoms. The molecule has 0 saturated carbocycles. The highest BCUT2D eigenvalue weighted by Gasteiger charge is 2.17. The molecule has 0 atom stereocenters. The van der Waals surface area contributed by atoms with Gasteiger partial charge < -0.3 is 15.0 Å². The van der Waals surface area contributed by atoms with Crippen LogP contribution in [-0.2, 0) is 11.2 Å². The molecule has 150 valence electrons. The highest BCUT2D eigenvalue weighted by Crippen LogP contribution is 2.18. The Balaban J connectivity index is 1.33. The first-order valence-electron chi connectivity index (χ1n) is 9.77. The number of halogens is 1. The maximum Gasteiger partial charge on any atom is 0.221 e. The van der Waals surface area contributed by atoms with Crippen molar-refractivity contribution in [2.45, 2.75) is 12.8 Å². The molecule has 2 aromatic carbocycles. The van der Waals surface area contributed by atoms with E-state index in [0.717, 1.165) is 56.1 Å². The van der Waals surface area contributed by atoms with Crippen LogP contribution >= 0.6 is 0 Å². The van der Waals surface area contributed by atoms with Crippen molar-refractivity contribution < 1.29 is 13.9 Å². The van der Waals surface area contributed by atoms with E-state index in [0.29, 0.717) is 13.0 Å². The summed E-state index contributed by atoms with van der Waals surface area (Å²) in [5.41, 5.74) is 2.15. The molecule has 0 aromatic heterocycles. The number of methoxy groups -OCH3 is 1. The fourth-order valence-corrected chi connectivity index (χ4v) is 3.48. The number of hydrogen-bond donors (Lipinski definition) is 1. The van der Waals surface area contributed by atoms with Crippen molar-refractivity contribution in [1.29, 1.82) is 0 Å². The van der Waals surface area contributed by atoms with Gasteiger partial charge in [-0.05, 0) is 42.3 Å². The molecule has 5 nitrogen and oxygen atoms in total. The van der Waals surface area contributed by atoms with Gasteiger partial charge in [0.25, 0.3) is 0 Å². The molecule has 1 amide bonds. The molecule has 1 fully saturated rings. The number of piperazine rings is 1. The van der Waals surface area contributed by atoms with Crippen LogP contribution in [0.3, 0.4) is 0 Å². The first-order valence-corrected chi connectivity index (χ1v) is 9.77. The van der Waals surface area contributed by atoms with Gasteiger partial charge in [0.2, 0.25) is 5.91 Å². The molecule has 3 rings (SSSR count). The van der Waals surface area contributed by atoms with Gasteiger partial charge in [0.15, 0.2) is 0 Å². The molecule has 0 radical (unpaired) electrons. The number of nitrogens with one attached hydrogen (secondary N) is 1. The number of hydrogen-bond acceptors (Lipinski definition) is 4. The predicted octanol–water partition coefficient (Wildman–Crippen LogP) is 2.71. The molecule has 2 aromatic rings. The molecule has 0 aliphatic carbocycles. The Hall–Kier alpha value is -2.60. The summed E-state index contributed by atoms with van der Waals surface area (Å²) in [7, 11) is 1.66. The van der Waals surface area contributed by atoms with Gasteiger partial charge in [-0.25, -0.2) is 4.39 Å². The minimum Gasteiger partial charge on any atom is -0.496 e. The molecule has 0 unspecified atom stereocenters. The van der Waals surface area contributed by atoms with Gasteiger partial charge in [0.05, 0.1) is 7.11 Å². The molecule has 1 saturated heterocycles.